The molecule has 0 radical (unpaired) electrons. The highest BCUT2D eigenvalue weighted by atomic mass is 32.2. The van der Waals surface area contributed by atoms with Gasteiger partial charge in [0.1, 0.15) is 0 Å². The Hall–Kier alpha value is -1.93. The van der Waals surface area contributed by atoms with Crippen LogP contribution >= 0.6 is 0 Å². The van der Waals surface area contributed by atoms with Crippen molar-refractivity contribution in [2.24, 2.45) is 5.41 Å². The van der Waals surface area contributed by atoms with Gasteiger partial charge in [0.15, 0.2) is 0 Å². The van der Waals surface area contributed by atoms with E-state index < -0.39 is 15.4 Å². The van der Waals surface area contributed by atoms with Crippen LogP contribution in [0.15, 0.2) is 23.1 Å². The second kappa shape index (κ2) is 9.51. The van der Waals surface area contributed by atoms with E-state index in [-0.39, 0.29) is 28.7 Å². The molecule has 7 nitrogen and oxygen atoms in total. The van der Waals surface area contributed by atoms with Gasteiger partial charge in [-0.25, -0.2) is 8.42 Å². The summed E-state index contributed by atoms with van der Waals surface area (Å²) in [6.07, 6.45) is 6.04. The van der Waals surface area contributed by atoms with E-state index in [0.717, 1.165) is 37.7 Å². The molecule has 2 N–H and O–H groups in total. The van der Waals surface area contributed by atoms with Gasteiger partial charge in [0.2, 0.25) is 21.8 Å². The van der Waals surface area contributed by atoms with Crippen LogP contribution < -0.4 is 10.6 Å². The van der Waals surface area contributed by atoms with Crippen molar-refractivity contribution in [1.82, 2.24) is 9.62 Å². The zero-order valence-corrected chi connectivity index (χ0v) is 20.6. The standard InChI is InChI=1S/C24H37N3O4S/c1-18-10-11-19(32(30,31)27-14-8-5-9-15-27)16-20(18)25-22(29)24(12-6-7-13-24)17-21(28)26-23(2,3)4/h10-11,16H,5-9,12-15,17H2,1-4H3,(H,25,29)(H,26,28). The van der Waals surface area contributed by atoms with Gasteiger partial charge >= 0.3 is 0 Å². The molecule has 0 spiro atoms. The Balaban J connectivity index is 1.81. The topological polar surface area (TPSA) is 95.6 Å². The van der Waals surface area contributed by atoms with Crippen molar-refractivity contribution >= 4 is 27.5 Å². The van der Waals surface area contributed by atoms with Crippen LogP contribution in [0.4, 0.5) is 5.69 Å². The molecule has 1 heterocycles. The van der Waals surface area contributed by atoms with Crippen molar-refractivity contribution < 1.29 is 18.0 Å². The first kappa shape index (κ1) is 24.7. The number of hydrogen-bond donors (Lipinski definition) is 2. The lowest BCUT2D eigenvalue weighted by Crippen LogP contribution is -2.45. The van der Waals surface area contributed by atoms with Crippen LogP contribution in [0.25, 0.3) is 0 Å². The highest BCUT2D eigenvalue weighted by Gasteiger charge is 2.43. The van der Waals surface area contributed by atoms with Crippen LogP contribution in [-0.2, 0) is 19.6 Å². The molecule has 8 heteroatoms. The van der Waals surface area contributed by atoms with Gasteiger partial charge in [0, 0.05) is 30.7 Å². The highest BCUT2D eigenvalue weighted by molar-refractivity contribution is 7.89. The molecule has 1 saturated heterocycles. The highest BCUT2D eigenvalue weighted by Crippen LogP contribution is 2.42. The molecule has 0 unspecified atom stereocenters. The molecule has 2 fully saturated rings. The Morgan fingerprint density at radius 3 is 2.25 bits per heavy atom. The number of rotatable bonds is 6. The summed E-state index contributed by atoms with van der Waals surface area (Å²) < 4.78 is 27.7. The molecule has 2 amide bonds. The van der Waals surface area contributed by atoms with E-state index in [4.69, 9.17) is 0 Å². The molecule has 32 heavy (non-hydrogen) atoms. The fourth-order valence-corrected chi connectivity index (χ4v) is 6.25. The van der Waals surface area contributed by atoms with Crippen LogP contribution in [0.3, 0.4) is 0 Å². The predicted octanol–water partition coefficient (Wildman–Crippen LogP) is 3.97. The number of benzene rings is 1. The zero-order chi connectivity index (χ0) is 23.6. The third kappa shape index (κ3) is 5.70. The number of carbonyl (C=O) groups is 2. The molecule has 3 rings (SSSR count). The molecule has 0 bridgehead atoms. The molecule has 1 saturated carbocycles. The second-order valence-corrected chi connectivity index (χ2v) is 12.3. The molecule has 2 aliphatic rings. The molecule has 1 aromatic carbocycles. The normalized spacial score (nSPS) is 19.5. The van der Waals surface area contributed by atoms with Crippen LogP contribution in [0, 0.1) is 12.3 Å². The average Bonchev–Trinajstić information content (AvgIpc) is 3.18. The summed E-state index contributed by atoms with van der Waals surface area (Å²) in [6.45, 7) is 8.67. The van der Waals surface area contributed by atoms with Crippen molar-refractivity contribution in [3.8, 4) is 0 Å². The second-order valence-electron chi connectivity index (χ2n) is 10.4. The quantitative estimate of drug-likeness (QED) is 0.667. The van der Waals surface area contributed by atoms with Gasteiger partial charge in [-0.15, -0.1) is 0 Å². The third-order valence-electron chi connectivity index (χ3n) is 6.47. The predicted molar refractivity (Wildman–Crippen MR) is 126 cm³/mol. The first-order valence-electron chi connectivity index (χ1n) is 11.7. The molecule has 178 valence electrons. The SMILES string of the molecule is Cc1ccc(S(=O)(=O)N2CCCCC2)cc1NC(=O)C1(CC(=O)NC(C)(C)C)CCCC1. The van der Waals surface area contributed by atoms with Crippen molar-refractivity contribution in [3.63, 3.8) is 0 Å². The summed E-state index contributed by atoms with van der Waals surface area (Å²) in [5, 5.41) is 5.94. The van der Waals surface area contributed by atoms with Crippen LogP contribution in [0.5, 0.6) is 0 Å². The van der Waals surface area contributed by atoms with E-state index in [2.05, 4.69) is 10.6 Å². The number of amides is 2. The van der Waals surface area contributed by atoms with Gasteiger partial charge in [-0.1, -0.05) is 25.3 Å². The number of nitrogens with zero attached hydrogens (tertiary/aromatic N) is 1. The molecule has 1 aromatic rings. The van der Waals surface area contributed by atoms with Crippen molar-refractivity contribution in [2.75, 3.05) is 18.4 Å². The number of anilines is 1. The number of piperidine rings is 1. The Morgan fingerprint density at radius 2 is 1.66 bits per heavy atom. The molecular weight excluding hydrogens is 426 g/mol. The van der Waals surface area contributed by atoms with Gasteiger partial charge < -0.3 is 10.6 Å². The van der Waals surface area contributed by atoms with E-state index in [9.17, 15) is 18.0 Å². The number of carbonyl (C=O) groups excluding carboxylic acids is 2. The van der Waals surface area contributed by atoms with Crippen LogP contribution in [0.2, 0.25) is 0 Å². The van der Waals surface area contributed by atoms with E-state index in [1.54, 1.807) is 18.2 Å². The fraction of sp³-hybridized carbons (Fsp3) is 0.667. The minimum absolute atomic E-state index is 0.132. The van der Waals surface area contributed by atoms with E-state index in [1.165, 1.54) is 4.31 Å². The minimum Gasteiger partial charge on any atom is -0.351 e. The van der Waals surface area contributed by atoms with Crippen molar-refractivity contribution in [1.29, 1.82) is 0 Å². The Morgan fingerprint density at radius 1 is 1.03 bits per heavy atom. The maximum absolute atomic E-state index is 13.4. The van der Waals surface area contributed by atoms with Gasteiger partial charge in [-0.2, -0.15) is 4.31 Å². The van der Waals surface area contributed by atoms with E-state index in [1.807, 2.05) is 27.7 Å². The fourth-order valence-electron chi connectivity index (χ4n) is 4.71. The first-order valence-corrected chi connectivity index (χ1v) is 13.1. The van der Waals surface area contributed by atoms with Crippen LogP contribution in [-0.4, -0.2) is 43.2 Å². The summed E-state index contributed by atoms with van der Waals surface area (Å²) in [5.41, 5.74) is 0.170. The zero-order valence-electron chi connectivity index (χ0n) is 19.8. The summed E-state index contributed by atoms with van der Waals surface area (Å²) in [5.74, 6) is -0.331. The lowest BCUT2D eigenvalue weighted by Gasteiger charge is -2.30. The largest absolute Gasteiger partial charge is 0.351 e. The Bertz CT molecular complexity index is 954. The summed E-state index contributed by atoms with van der Waals surface area (Å²) in [4.78, 5) is 26.2. The molecule has 1 aliphatic carbocycles. The van der Waals surface area contributed by atoms with E-state index >= 15 is 0 Å². The van der Waals surface area contributed by atoms with Gasteiger partial charge in [0.25, 0.3) is 0 Å². The maximum atomic E-state index is 13.4. The van der Waals surface area contributed by atoms with Crippen molar-refractivity contribution in [3.05, 3.63) is 23.8 Å². The molecule has 0 atom stereocenters. The summed E-state index contributed by atoms with van der Waals surface area (Å²) in [6, 6.07) is 4.91. The molecular formula is C24H37N3O4S. The molecule has 1 aliphatic heterocycles. The first-order chi connectivity index (χ1) is 14.9. The number of aryl methyl sites for hydroxylation is 1. The summed E-state index contributed by atoms with van der Waals surface area (Å²) in [7, 11) is -3.59. The monoisotopic (exact) mass is 463 g/mol. The van der Waals surface area contributed by atoms with Gasteiger partial charge in [0.05, 0.1) is 10.3 Å². The number of sulfonamides is 1. The van der Waals surface area contributed by atoms with Gasteiger partial charge in [-0.05, 0) is 71.1 Å². The minimum atomic E-state index is -3.59. The average molecular weight is 464 g/mol. The number of hydrogen-bond acceptors (Lipinski definition) is 4. The third-order valence-corrected chi connectivity index (χ3v) is 8.36. The van der Waals surface area contributed by atoms with Crippen molar-refractivity contribution in [2.45, 2.75) is 89.5 Å². The van der Waals surface area contributed by atoms with Crippen LogP contribution in [0.1, 0.15) is 77.7 Å². The van der Waals surface area contributed by atoms with Gasteiger partial charge in [-0.3, -0.25) is 9.59 Å². The summed E-state index contributed by atoms with van der Waals surface area (Å²) >= 11 is 0. The van der Waals surface area contributed by atoms with E-state index in [0.29, 0.717) is 31.6 Å². The number of nitrogens with one attached hydrogen (secondary N) is 2. The maximum Gasteiger partial charge on any atom is 0.243 e. The smallest absolute Gasteiger partial charge is 0.243 e. The Labute approximate surface area is 192 Å². The lowest BCUT2D eigenvalue weighted by molar-refractivity contribution is -0.133. The lowest BCUT2D eigenvalue weighted by atomic mass is 9.81. The molecule has 0 aromatic heterocycles. The Kier molecular flexibility index (Phi) is 7.34.